The molecule has 0 radical (unpaired) electrons. The second kappa shape index (κ2) is 4.44. The molecule has 4 heteroatoms. The lowest BCUT2D eigenvalue weighted by atomic mass is 10.0. The van der Waals surface area contributed by atoms with Gasteiger partial charge in [0.2, 0.25) is 0 Å². The largest absolute Gasteiger partial charge is 0.453 e. The number of hydrogen-bond acceptors (Lipinski definition) is 3. The van der Waals surface area contributed by atoms with E-state index in [0.717, 1.165) is 16.5 Å². The Morgan fingerprint density at radius 3 is 2.89 bits per heavy atom. The summed E-state index contributed by atoms with van der Waals surface area (Å²) in [6.45, 7) is 0. The summed E-state index contributed by atoms with van der Waals surface area (Å²) in [7, 11) is 0. The number of aromatic nitrogens is 1. The van der Waals surface area contributed by atoms with Crippen LogP contribution in [-0.4, -0.2) is 10.1 Å². The maximum absolute atomic E-state index is 10.3. The molecular formula is C14H10ClNO2. The van der Waals surface area contributed by atoms with Gasteiger partial charge in [0.15, 0.2) is 5.22 Å². The number of halogens is 1. The Kier molecular flexibility index (Phi) is 2.78. The molecule has 2 heterocycles. The molecule has 2 aromatic heterocycles. The average molecular weight is 260 g/mol. The van der Waals surface area contributed by atoms with Crippen LogP contribution in [0.15, 0.2) is 53.3 Å². The van der Waals surface area contributed by atoms with Gasteiger partial charge in [0.1, 0.15) is 6.10 Å². The van der Waals surface area contributed by atoms with Crippen LogP contribution in [0.4, 0.5) is 0 Å². The molecule has 1 aromatic carbocycles. The monoisotopic (exact) mass is 259 g/mol. The van der Waals surface area contributed by atoms with Crippen LogP contribution in [0.25, 0.3) is 10.9 Å². The molecule has 0 spiro atoms. The zero-order valence-electron chi connectivity index (χ0n) is 9.38. The van der Waals surface area contributed by atoms with Crippen LogP contribution in [0.1, 0.15) is 17.2 Å². The Bertz CT molecular complexity index is 693. The van der Waals surface area contributed by atoms with Crippen molar-refractivity contribution in [3.63, 3.8) is 0 Å². The molecule has 0 fully saturated rings. The van der Waals surface area contributed by atoms with E-state index in [0.29, 0.717) is 5.56 Å². The van der Waals surface area contributed by atoms with E-state index in [1.807, 2.05) is 30.3 Å². The second-order valence-corrected chi connectivity index (χ2v) is 4.35. The van der Waals surface area contributed by atoms with Crippen molar-refractivity contribution in [2.45, 2.75) is 6.10 Å². The van der Waals surface area contributed by atoms with E-state index >= 15 is 0 Å². The highest BCUT2D eigenvalue weighted by Gasteiger charge is 2.16. The molecular weight excluding hydrogens is 250 g/mol. The lowest BCUT2D eigenvalue weighted by Gasteiger charge is -2.10. The third kappa shape index (κ3) is 1.88. The van der Waals surface area contributed by atoms with Gasteiger partial charge >= 0.3 is 0 Å². The molecule has 3 nitrogen and oxygen atoms in total. The number of aliphatic hydroxyl groups excluding tert-OH is 1. The molecule has 18 heavy (non-hydrogen) atoms. The van der Waals surface area contributed by atoms with Crippen molar-refractivity contribution in [1.29, 1.82) is 0 Å². The van der Waals surface area contributed by atoms with Crippen molar-refractivity contribution in [2.75, 3.05) is 0 Å². The van der Waals surface area contributed by atoms with E-state index in [1.54, 1.807) is 12.3 Å². The Balaban J connectivity index is 2.07. The number of rotatable bonds is 2. The first-order chi connectivity index (χ1) is 8.75. The van der Waals surface area contributed by atoms with Gasteiger partial charge in [-0.15, -0.1) is 0 Å². The first-order valence-electron chi connectivity index (χ1n) is 5.51. The van der Waals surface area contributed by atoms with E-state index in [4.69, 9.17) is 16.0 Å². The topological polar surface area (TPSA) is 46.3 Å². The molecule has 0 aliphatic heterocycles. The summed E-state index contributed by atoms with van der Waals surface area (Å²) in [5.74, 6) is 0. The standard InChI is InChI=1S/C14H10ClNO2/c15-14-11(5-7-18-14)13(17)10-3-4-12-9(8-10)2-1-6-16-12/h1-8,13,17H. The Morgan fingerprint density at radius 1 is 1.22 bits per heavy atom. The van der Waals surface area contributed by atoms with Crippen molar-refractivity contribution in [3.05, 3.63) is 65.2 Å². The lowest BCUT2D eigenvalue weighted by Crippen LogP contribution is -1.98. The summed E-state index contributed by atoms with van der Waals surface area (Å²) in [5, 5.41) is 11.5. The maximum Gasteiger partial charge on any atom is 0.199 e. The van der Waals surface area contributed by atoms with Crippen molar-refractivity contribution in [2.24, 2.45) is 0 Å². The SMILES string of the molecule is OC(c1ccc2ncccc2c1)c1ccoc1Cl. The van der Waals surface area contributed by atoms with Crippen LogP contribution >= 0.6 is 11.6 Å². The van der Waals surface area contributed by atoms with E-state index in [9.17, 15) is 5.11 Å². The van der Waals surface area contributed by atoms with Crippen LogP contribution in [-0.2, 0) is 0 Å². The number of nitrogens with zero attached hydrogens (tertiary/aromatic N) is 1. The summed E-state index contributed by atoms with van der Waals surface area (Å²) < 4.78 is 4.99. The zero-order chi connectivity index (χ0) is 12.5. The fraction of sp³-hybridized carbons (Fsp3) is 0.0714. The van der Waals surface area contributed by atoms with Gasteiger partial charge in [0, 0.05) is 17.1 Å². The zero-order valence-corrected chi connectivity index (χ0v) is 10.1. The smallest absolute Gasteiger partial charge is 0.199 e. The highest BCUT2D eigenvalue weighted by Crippen LogP contribution is 2.30. The molecule has 0 saturated heterocycles. The maximum atomic E-state index is 10.3. The average Bonchev–Trinajstić information content (AvgIpc) is 2.83. The Labute approximate surface area is 109 Å². The minimum absolute atomic E-state index is 0.216. The highest BCUT2D eigenvalue weighted by atomic mass is 35.5. The van der Waals surface area contributed by atoms with E-state index in [1.165, 1.54) is 6.26 Å². The molecule has 0 saturated carbocycles. The molecule has 3 aromatic rings. The van der Waals surface area contributed by atoms with Crippen molar-refractivity contribution in [3.8, 4) is 0 Å². The second-order valence-electron chi connectivity index (χ2n) is 4.01. The number of hydrogen-bond donors (Lipinski definition) is 1. The number of furan rings is 1. The van der Waals surface area contributed by atoms with Crippen LogP contribution in [0, 0.1) is 0 Å². The Hall–Kier alpha value is -1.84. The number of aliphatic hydroxyl groups is 1. The van der Waals surface area contributed by atoms with Gasteiger partial charge in [-0.05, 0) is 41.4 Å². The molecule has 90 valence electrons. The fourth-order valence-electron chi connectivity index (χ4n) is 1.94. The molecule has 1 unspecified atom stereocenters. The first kappa shape index (κ1) is 11.3. The molecule has 0 aliphatic rings. The van der Waals surface area contributed by atoms with Gasteiger partial charge in [-0.25, -0.2) is 0 Å². The Morgan fingerprint density at radius 2 is 2.11 bits per heavy atom. The number of benzene rings is 1. The quantitative estimate of drug-likeness (QED) is 0.765. The van der Waals surface area contributed by atoms with E-state index < -0.39 is 6.10 Å². The van der Waals surface area contributed by atoms with E-state index in [2.05, 4.69) is 4.98 Å². The molecule has 3 rings (SSSR count). The van der Waals surface area contributed by atoms with Crippen molar-refractivity contribution >= 4 is 22.5 Å². The summed E-state index contributed by atoms with van der Waals surface area (Å²) >= 11 is 5.86. The van der Waals surface area contributed by atoms with Gasteiger partial charge < -0.3 is 9.52 Å². The predicted molar refractivity (Wildman–Crippen MR) is 69.5 cm³/mol. The lowest BCUT2D eigenvalue weighted by molar-refractivity contribution is 0.219. The minimum Gasteiger partial charge on any atom is -0.453 e. The van der Waals surface area contributed by atoms with E-state index in [-0.39, 0.29) is 5.22 Å². The summed E-state index contributed by atoms with van der Waals surface area (Å²) in [5.41, 5.74) is 2.23. The normalized spacial score (nSPS) is 12.8. The first-order valence-corrected chi connectivity index (χ1v) is 5.89. The van der Waals surface area contributed by atoms with Crippen LogP contribution < -0.4 is 0 Å². The minimum atomic E-state index is -0.791. The van der Waals surface area contributed by atoms with Gasteiger partial charge in [-0.2, -0.15) is 0 Å². The van der Waals surface area contributed by atoms with Crippen LogP contribution in [0.3, 0.4) is 0 Å². The van der Waals surface area contributed by atoms with Crippen LogP contribution in [0.5, 0.6) is 0 Å². The highest BCUT2D eigenvalue weighted by molar-refractivity contribution is 6.29. The fourth-order valence-corrected chi connectivity index (χ4v) is 2.16. The third-order valence-corrected chi connectivity index (χ3v) is 3.19. The molecule has 1 N–H and O–H groups in total. The third-order valence-electron chi connectivity index (χ3n) is 2.88. The van der Waals surface area contributed by atoms with Gasteiger partial charge in [0.05, 0.1) is 11.8 Å². The molecule has 1 atom stereocenters. The van der Waals surface area contributed by atoms with Gasteiger partial charge in [-0.3, -0.25) is 4.98 Å². The summed E-state index contributed by atoms with van der Waals surface area (Å²) in [6, 6.07) is 11.1. The number of fused-ring (bicyclic) bond motifs is 1. The van der Waals surface area contributed by atoms with Gasteiger partial charge in [-0.1, -0.05) is 12.1 Å². The molecule has 0 amide bonds. The van der Waals surface area contributed by atoms with Gasteiger partial charge in [0.25, 0.3) is 0 Å². The molecule has 0 bridgehead atoms. The van der Waals surface area contributed by atoms with Crippen LogP contribution in [0.2, 0.25) is 5.22 Å². The number of pyridine rings is 1. The van der Waals surface area contributed by atoms with Crippen molar-refractivity contribution < 1.29 is 9.52 Å². The summed E-state index contributed by atoms with van der Waals surface area (Å²) in [6.07, 6.45) is 2.41. The molecule has 0 aliphatic carbocycles. The predicted octanol–water partition coefficient (Wildman–Crippen LogP) is 3.56. The van der Waals surface area contributed by atoms with Crippen molar-refractivity contribution in [1.82, 2.24) is 4.98 Å². The summed E-state index contributed by atoms with van der Waals surface area (Å²) in [4.78, 5) is 4.24.